The maximum atomic E-state index is 5.82. The summed E-state index contributed by atoms with van der Waals surface area (Å²) in [4.78, 5) is 0. The molecule has 1 heterocycles. The number of nitrogens with zero attached hydrogens (tertiary/aromatic N) is 1. The van der Waals surface area contributed by atoms with Crippen molar-refractivity contribution in [1.82, 2.24) is 10.2 Å². The first-order chi connectivity index (χ1) is 7.78. The molecule has 0 saturated heterocycles. The van der Waals surface area contributed by atoms with E-state index in [9.17, 15) is 0 Å². The lowest BCUT2D eigenvalue weighted by atomic mass is 10.1. The number of benzene rings is 1. The highest BCUT2D eigenvalue weighted by atomic mass is 35.5. The zero-order chi connectivity index (χ0) is 11.4. The van der Waals surface area contributed by atoms with Gasteiger partial charge >= 0.3 is 0 Å². The minimum atomic E-state index is 0.630. The van der Waals surface area contributed by atoms with Crippen LogP contribution < -0.4 is 4.74 Å². The van der Waals surface area contributed by atoms with E-state index >= 15 is 0 Å². The Morgan fingerprint density at radius 1 is 1.31 bits per heavy atom. The topological polar surface area (TPSA) is 37.9 Å². The van der Waals surface area contributed by atoms with Crippen molar-refractivity contribution in [3.63, 3.8) is 0 Å². The summed E-state index contributed by atoms with van der Waals surface area (Å²) in [7, 11) is 0. The molecular weight excluding hydrogens is 224 g/mol. The van der Waals surface area contributed by atoms with Crippen molar-refractivity contribution in [3.05, 3.63) is 46.6 Å². The van der Waals surface area contributed by atoms with Crippen molar-refractivity contribution in [3.8, 4) is 5.88 Å². The minimum Gasteiger partial charge on any atom is -0.477 e. The van der Waals surface area contributed by atoms with E-state index in [2.05, 4.69) is 10.2 Å². The Morgan fingerprint density at radius 3 is 2.75 bits per heavy atom. The molecule has 0 aliphatic heterocycles. The van der Waals surface area contributed by atoms with E-state index in [0.717, 1.165) is 17.1 Å². The van der Waals surface area contributed by atoms with Gasteiger partial charge in [-0.3, -0.25) is 5.10 Å². The van der Waals surface area contributed by atoms with Crippen LogP contribution in [0.3, 0.4) is 0 Å². The van der Waals surface area contributed by atoms with E-state index in [4.69, 9.17) is 16.3 Å². The van der Waals surface area contributed by atoms with Gasteiger partial charge < -0.3 is 4.74 Å². The van der Waals surface area contributed by atoms with Gasteiger partial charge in [0.2, 0.25) is 5.88 Å². The van der Waals surface area contributed by atoms with Gasteiger partial charge in [-0.25, -0.2) is 0 Å². The molecule has 0 unspecified atom stereocenters. The molecule has 0 radical (unpaired) electrons. The summed E-state index contributed by atoms with van der Waals surface area (Å²) in [5, 5.41) is 7.75. The molecule has 1 N–H and O–H groups in total. The molecule has 0 aliphatic rings. The van der Waals surface area contributed by atoms with Gasteiger partial charge in [0.15, 0.2) is 0 Å². The summed E-state index contributed by atoms with van der Waals surface area (Å²) in [5.41, 5.74) is 2.22. The zero-order valence-corrected chi connectivity index (χ0v) is 9.79. The van der Waals surface area contributed by atoms with Crippen LogP contribution >= 0.6 is 11.6 Å². The Morgan fingerprint density at radius 2 is 2.06 bits per heavy atom. The van der Waals surface area contributed by atoms with Crippen LogP contribution in [-0.4, -0.2) is 16.8 Å². The molecule has 1 aromatic carbocycles. The fourth-order valence-corrected chi connectivity index (χ4v) is 1.60. The molecule has 4 heteroatoms. The number of hydrogen-bond donors (Lipinski definition) is 1. The van der Waals surface area contributed by atoms with E-state index < -0.39 is 0 Å². The van der Waals surface area contributed by atoms with Gasteiger partial charge in [0, 0.05) is 23.2 Å². The van der Waals surface area contributed by atoms with Crippen molar-refractivity contribution in [2.45, 2.75) is 13.3 Å². The van der Waals surface area contributed by atoms with Crippen molar-refractivity contribution in [2.24, 2.45) is 0 Å². The van der Waals surface area contributed by atoms with Crippen LogP contribution in [0.1, 0.15) is 18.2 Å². The Hall–Kier alpha value is -1.48. The van der Waals surface area contributed by atoms with E-state index in [0.29, 0.717) is 12.5 Å². The first-order valence-corrected chi connectivity index (χ1v) is 5.57. The molecule has 2 rings (SSSR count). The predicted molar refractivity (Wildman–Crippen MR) is 64.0 cm³/mol. The molecule has 0 atom stereocenters. The third kappa shape index (κ3) is 2.76. The monoisotopic (exact) mass is 236 g/mol. The van der Waals surface area contributed by atoms with Crippen LogP contribution in [-0.2, 0) is 6.42 Å². The number of rotatable bonds is 4. The van der Waals surface area contributed by atoms with Crippen LogP contribution in [0.25, 0.3) is 0 Å². The molecule has 0 spiro atoms. The van der Waals surface area contributed by atoms with Crippen LogP contribution in [0.5, 0.6) is 5.88 Å². The molecule has 0 saturated carbocycles. The third-order valence-electron chi connectivity index (χ3n) is 2.21. The Labute approximate surface area is 99.4 Å². The maximum absolute atomic E-state index is 5.82. The number of ether oxygens (including phenoxy) is 1. The van der Waals surface area contributed by atoms with Crippen molar-refractivity contribution in [2.75, 3.05) is 6.61 Å². The van der Waals surface area contributed by atoms with Gasteiger partial charge in [0.1, 0.15) is 0 Å². The van der Waals surface area contributed by atoms with Crippen LogP contribution in [0.15, 0.2) is 30.3 Å². The second kappa shape index (κ2) is 5.03. The van der Waals surface area contributed by atoms with Gasteiger partial charge in [-0.15, -0.1) is 5.10 Å². The fourth-order valence-electron chi connectivity index (χ4n) is 1.48. The van der Waals surface area contributed by atoms with Gasteiger partial charge in [-0.2, -0.15) is 0 Å². The normalized spacial score (nSPS) is 10.4. The second-order valence-corrected chi connectivity index (χ2v) is 3.90. The second-order valence-electron chi connectivity index (χ2n) is 3.47. The lowest BCUT2D eigenvalue weighted by Crippen LogP contribution is -1.90. The summed E-state index contributed by atoms with van der Waals surface area (Å²) in [6.07, 6.45) is 0.803. The first kappa shape index (κ1) is 11.0. The molecule has 0 amide bonds. The van der Waals surface area contributed by atoms with Crippen LogP contribution in [0, 0.1) is 0 Å². The van der Waals surface area contributed by atoms with E-state index in [-0.39, 0.29) is 0 Å². The smallest absolute Gasteiger partial charge is 0.232 e. The standard InChI is InChI=1S/C12H13ClN2O/c1-2-16-12-8-11(14-15-12)7-9-3-5-10(13)6-4-9/h3-6,8H,2,7H2,1H3,(H,14,15). The average molecular weight is 237 g/mol. The summed E-state index contributed by atoms with van der Waals surface area (Å²) >= 11 is 5.82. The number of H-pyrrole nitrogens is 1. The van der Waals surface area contributed by atoms with E-state index in [1.165, 1.54) is 5.56 Å². The fraction of sp³-hybridized carbons (Fsp3) is 0.250. The molecule has 2 aromatic rings. The molecule has 0 aliphatic carbocycles. The molecule has 1 aromatic heterocycles. The van der Waals surface area contributed by atoms with Crippen molar-refractivity contribution >= 4 is 11.6 Å². The Kier molecular flexibility index (Phi) is 3.47. The average Bonchev–Trinajstić information content (AvgIpc) is 2.70. The summed E-state index contributed by atoms with van der Waals surface area (Å²) in [6.45, 7) is 2.57. The summed E-state index contributed by atoms with van der Waals surface area (Å²) in [6, 6.07) is 9.69. The maximum Gasteiger partial charge on any atom is 0.232 e. The molecule has 3 nitrogen and oxygen atoms in total. The third-order valence-corrected chi connectivity index (χ3v) is 2.46. The molecule has 0 fully saturated rings. The van der Waals surface area contributed by atoms with Crippen molar-refractivity contribution in [1.29, 1.82) is 0 Å². The highest BCUT2D eigenvalue weighted by molar-refractivity contribution is 6.30. The highest BCUT2D eigenvalue weighted by Crippen LogP contribution is 2.15. The van der Waals surface area contributed by atoms with Gasteiger partial charge in [0.05, 0.1) is 6.61 Å². The van der Waals surface area contributed by atoms with Crippen molar-refractivity contribution < 1.29 is 4.74 Å². The first-order valence-electron chi connectivity index (χ1n) is 5.19. The van der Waals surface area contributed by atoms with Crippen LogP contribution in [0.2, 0.25) is 5.02 Å². The molecular formula is C12H13ClN2O. The lowest BCUT2D eigenvalue weighted by Gasteiger charge is -1.98. The summed E-state index contributed by atoms with van der Waals surface area (Å²) in [5.74, 6) is 0.645. The minimum absolute atomic E-state index is 0.630. The zero-order valence-electron chi connectivity index (χ0n) is 9.03. The van der Waals surface area contributed by atoms with Gasteiger partial charge in [0.25, 0.3) is 0 Å². The van der Waals surface area contributed by atoms with E-state index in [1.807, 2.05) is 37.3 Å². The number of hydrogen-bond acceptors (Lipinski definition) is 2. The number of halogens is 1. The predicted octanol–water partition coefficient (Wildman–Crippen LogP) is 3.05. The van der Waals surface area contributed by atoms with Crippen LogP contribution in [0.4, 0.5) is 0 Å². The van der Waals surface area contributed by atoms with Gasteiger partial charge in [-0.1, -0.05) is 23.7 Å². The summed E-state index contributed by atoms with van der Waals surface area (Å²) < 4.78 is 5.28. The lowest BCUT2D eigenvalue weighted by molar-refractivity contribution is 0.326. The Balaban J connectivity index is 2.05. The highest BCUT2D eigenvalue weighted by Gasteiger charge is 2.02. The molecule has 0 bridgehead atoms. The quantitative estimate of drug-likeness (QED) is 0.886. The molecule has 16 heavy (non-hydrogen) atoms. The number of nitrogens with one attached hydrogen (secondary N) is 1. The molecule has 84 valence electrons. The largest absolute Gasteiger partial charge is 0.477 e. The SMILES string of the molecule is CCOc1cc(Cc2ccc(Cl)cc2)[nH]n1. The van der Waals surface area contributed by atoms with E-state index in [1.54, 1.807) is 0 Å². The van der Waals surface area contributed by atoms with Gasteiger partial charge in [-0.05, 0) is 24.6 Å². The number of aromatic nitrogens is 2. The Bertz CT molecular complexity index is 450. The number of aromatic amines is 1.